The van der Waals surface area contributed by atoms with E-state index in [0.717, 1.165) is 30.0 Å². The number of fused-ring (bicyclic) bond motifs is 1. The molecule has 1 aliphatic heterocycles. The van der Waals surface area contributed by atoms with Crippen LogP contribution in [0.2, 0.25) is 0 Å². The zero-order valence-electron chi connectivity index (χ0n) is 19.5. The topological polar surface area (TPSA) is 84.9 Å². The van der Waals surface area contributed by atoms with Crippen molar-refractivity contribution in [3.63, 3.8) is 0 Å². The summed E-state index contributed by atoms with van der Waals surface area (Å²) >= 11 is 0. The van der Waals surface area contributed by atoms with Gasteiger partial charge in [-0.3, -0.25) is 4.79 Å². The van der Waals surface area contributed by atoms with Crippen LogP contribution in [0.25, 0.3) is 10.8 Å². The minimum Gasteiger partial charge on any atom is -0.495 e. The van der Waals surface area contributed by atoms with Crippen molar-refractivity contribution in [3.05, 3.63) is 60.7 Å². The zero-order valence-corrected chi connectivity index (χ0v) is 20.3. The molecule has 0 bridgehead atoms. The van der Waals surface area contributed by atoms with Gasteiger partial charge in [0.2, 0.25) is 10.0 Å². The summed E-state index contributed by atoms with van der Waals surface area (Å²) < 4.78 is 39.4. The monoisotopic (exact) mass is 482 g/mol. The Balaban J connectivity index is 1.56. The van der Waals surface area contributed by atoms with Crippen molar-refractivity contribution in [2.24, 2.45) is 0 Å². The normalized spacial score (nSPS) is 15.6. The van der Waals surface area contributed by atoms with Crippen LogP contribution in [0.4, 0.5) is 5.69 Å². The predicted octanol–water partition coefficient (Wildman–Crippen LogP) is 4.82. The largest absolute Gasteiger partial charge is 0.495 e. The Bertz CT molecular complexity index is 1260. The number of nitrogens with one attached hydrogen (secondary N) is 1. The highest BCUT2D eigenvalue weighted by atomic mass is 32.2. The first-order valence-electron chi connectivity index (χ1n) is 11.6. The molecule has 1 fully saturated rings. The Morgan fingerprint density at radius 1 is 1.00 bits per heavy atom. The fraction of sp³-hybridized carbons (Fsp3) is 0.346. The molecule has 0 spiro atoms. The van der Waals surface area contributed by atoms with E-state index in [1.807, 2.05) is 49.4 Å². The van der Waals surface area contributed by atoms with Crippen molar-refractivity contribution in [1.82, 2.24) is 4.31 Å². The molecular formula is C26H30N2O5S. The van der Waals surface area contributed by atoms with Crippen LogP contribution < -0.4 is 14.8 Å². The van der Waals surface area contributed by atoms with Gasteiger partial charge >= 0.3 is 0 Å². The number of hydrogen-bond donors (Lipinski definition) is 1. The number of sulfonamides is 1. The molecule has 1 aliphatic rings. The summed E-state index contributed by atoms with van der Waals surface area (Å²) in [7, 11) is -2.30. The summed E-state index contributed by atoms with van der Waals surface area (Å²) in [5, 5.41) is 4.78. The summed E-state index contributed by atoms with van der Waals surface area (Å²) in [5.41, 5.74) is 0.376. The molecule has 3 aromatic carbocycles. The maximum Gasteiger partial charge on any atom is 0.265 e. The summed E-state index contributed by atoms with van der Waals surface area (Å²) in [6.45, 7) is 2.84. The van der Waals surface area contributed by atoms with Crippen LogP contribution in [0.15, 0.2) is 65.6 Å². The third-order valence-corrected chi connectivity index (χ3v) is 7.97. The van der Waals surface area contributed by atoms with E-state index in [1.165, 1.54) is 17.5 Å². The van der Waals surface area contributed by atoms with Crippen LogP contribution in [0.1, 0.15) is 32.6 Å². The molecule has 34 heavy (non-hydrogen) atoms. The van der Waals surface area contributed by atoms with Gasteiger partial charge in [-0.1, -0.05) is 49.7 Å². The minimum absolute atomic E-state index is 0.0534. The number of ether oxygens (including phenoxy) is 2. The van der Waals surface area contributed by atoms with Crippen molar-refractivity contribution >= 4 is 32.4 Å². The van der Waals surface area contributed by atoms with Gasteiger partial charge in [0.25, 0.3) is 5.91 Å². The summed E-state index contributed by atoms with van der Waals surface area (Å²) in [4.78, 5) is 13.1. The Labute approximate surface area is 200 Å². The molecule has 0 unspecified atom stereocenters. The van der Waals surface area contributed by atoms with Crippen LogP contribution in [-0.4, -0.2) is 44.9 Å². The molecule has 180 valence electrons. The van der Waals surface area contributed by atoms with Gasteiger partial charge in [-0.15, -0.1) is 0 Å². The molecular weight excluding hydrogens is 452 g/mol. The second-order valence-electron chi connectivity index (χ2n) is 8.31. The number of nitrogens with zero attached hydrogens (tertiary/aromatic N) is 1. The summed E-state index contributed by atoms with van der Waals surface area (Å²) in [6, 6.07) is 18.2. The van der Waals surface area contributed by atoms with E-state index in [-0.39, 0.29) is 16.6 Å². The van der Waals surface area contributed by atoms with Gasteiger partial charge in [-0.2, -0.15) is 4.31 Å². The molecule has 1 atom stereocenters. The highest BCUT2D eigenvalue weighted by Gasteiger charge is 2.29. The summed E-state index contributed by atoms with van der Waals surface area (Å²) in [5.74, 6) is 0.535. The number of benzene rings is 3. The standard InChI is InChI=1S/C26H30N2O5S/c1-3-22(33-23-13-9-11-19-10-5-6-12-21(19)23)26(29)27-20-14-15-24(32-2)25(18-20)34(30,31)28-16-7-4-8-17-28/h5-6,9-15,18,22H,3-4,7-8,16-17H2,1-2H3,(H,27,29)/t22-/m1/s1. The lowest BCUT2D eigenvalue weighted by atomic mass is 10.1. The molecule has 1 amide bonds. The van der Waals surface area contributed by atoms with Gasteiger partial charge in [0.05, 0.1) is 7.11 Å². The van der Waals surface area contributed by atoms with Gasteiger partial charge in [-0.05, 0) is 48.9 Å². The molecule has 4 rings (SSSR count). The Kier molecular flexibility index (Phi) is 7.38. The summed E-state index contributed by atoms with van der Waals surface area (Å²) in [6.07, 6.45) is 2.40. The fourth-order valence-electron chi connectivity index (χ4n) is 4.20. The fourth-order valence-corrected chi connectivity index (χ4v) is 5.90. The van der Waals surface area contributed by atoms with Crippen LogP contribution in [0.5, 0.6) is 11.5 Å². The molecule has 3 aromatic rings. The molecule has 0 saturated carbocycles. The maximum atomic E-state index is 13.3. The van der Waals surface area contributed by atoms with Gasteiger partial charge in [0, 0.05) is 24.2 Å². The molecule has 1 heterocycles. The van der Waals surface area contributed by atoms with E-state index in [1.54, 1.807) is 12.1 Å². The van der Waals surface area contributed by atoms with Crippen molar-refractivity contribution in [1.29, 1.82) is 0 Å². The number of carbonyl (C=O) groups is 1. The number of methoxy groups -OCH3 is 1. The SMILES string of the molecule is CC[C@@H](Oc1cccc2ccccc12)C(=O)Nc1ccc(OC)c(S(=O)(=O)N2CCCCC2)c1. The molecule has 8 heteroatoms. The van der Waals surface area contributed by atoms with E-state index in [9.17, 15) is 13.2 Å². The average molecular weight is 483 g/mol. The third kappa shape index (κ3) is 5.03. The lowest BCUT2D eigenvalue weighted by molar-refractivity contribution is -0.122. The van der Waals surface area contributed by atoms with Crippen LogP contribution >= 0.6 is 0 Å². The van der Waals surface area contributed by atoms with Crippen LogP contribution in [0.3, 0.4) is 0 Å². The third-order valence-electron chi connectivity index (χ3n) is 6.05. The second-order valence-corrected chi connectivity index (χ2v) is 10.2. The minimum atomic E-state index is -3.74. The van der Waals surface area contributed by atoms with Gasteiger partial charge in [-0.25, -0.2) is 8.42 Å². The molecule has 7 nitrogen and oxygen atoms in total. The van der Waals surface area contributed by atoms with E-state index in [2.05, 4.69) is 5.32 Å². The van der Waals surface area contributed by atoms with E-state index in [4.69, 9.17) is 9.47 Å². The van der Waals surface area contributed by atoms with Crippen LogP contribution in [0, 0.1) is 0 Å². The van der Waals surface area contributed by atoms with E-state index >= 15 is 0 Å². The first kappa shape index (κ1) is 24.0. The van der Waals surface area contributed by atoms with Gasteiger partial charge in [0.15, 0.2) is 6.10 Å². The first-order valence-corrected chi connectivity index (χ1v) is 13.0. The predicted molar refractivity (Wildman–Crippen MR) is 133 cm³/mol. The van der Waals surface area contributed by atoms with Crippen LogP contribution in [-0.2, 0) is 14.8 Å². The van der Waals surface area contributed by atoms with Crippen molar-refractivity contribution in [2.45, 2.75) is 43.6 Å². The lowest BCUT2D eigenvalue weighted by Gasteiger charge is -2.26. The van der Waals surface area contributed by atoms with Gasteiger partial charge < -0.3 is 14.8 Å². The average Bonchev–Trinajstić information content (AvgIpc) is 2.87. The molecule has 1 N–H and O–H groups in total. The number of carbonyl (C=O) groups excluding carboxylic acids is 1. The zero-order chi connectivity index (χ0) is 24.1. The highest BCUT2D eigenvalue weighted by Crippen LogP contribution is 2.32. The quantitative estimate of drug-likeness (QED) is 0.498. The molecule has 0 aromatic heterocycles. The molecule has 0 radical (unpaired) electrons. The first-order chi connectivity index (χ1) is 16.4. The number of anilines is 1. The Morgan fingerprint density at radius 3 is 2.47 bits per heavy atom. The van der Waals surface area contributed by atoms with E-state index < -0.39 is 16.1 Å². The maximum absolute atomic E-state index is 13.3. The molecule has 0 aliphatic carbocycles. The highest BCUT2D eigenvalue weighted by molar-refractivity contribution is 7.89. The second kappa shape index (κ2) is 10.4. The number of piperidine rings is 1. The molecule has 1 saturated heterocycles. The van der Waals surface area contributed by atoms with E-state index in [0.29, 0.717) is 30.9 Å². The van der Waals surface area contributed by atoms with Crippen molar-refractivity contribution < 1.29 is 22.7 Å². The van der Waals surface area contributed by atoms with Gasteiger partial charge in [0.1, 0.15) is 16.4 Å². The number of rotatable bonds is 8. The smallest absolute Gasteiger partial charge is 0.265 e. The Hall–Kier alpha value is -3.10. The van der Waals surface area contributed by atoms with Crippen molar-refractivity contribution in [3.8, 4) is 11.5 Å². The number of amides is 1. The lowest BCUT2D eigenvalue weighted by Crippen LogP contribution is -2.36. The van der Waals surface area contributed by atoms with Crippen molar-refractivity contribution in [2.75, 3.05) is 25.5 Å². The number of hydrogen-bond acceptors (Lipinski definition) is 5. The Morgan fingerprint density at radius 2 is 1.74 bits per heavy atom.